The fourth-order valence-electron chi connectivity index (χ4n) is 2.33. The molecule has 0 spiro atoms. The molecule has 0 radical (unpaired) electrons. The maximum Gasteiger partial charge on any atom is 0.193 e. The number of para-hydroxylation sites is 1. The molecule has 24 heavy (non-hydrogen) atoms. The third-order valence-corrected chi connectivity index (χ3v) is 4.39. The maximum atomic E-state index is 4.50. The van der Waals surface area contributed by atoms with E-state index < -0.39 is 0 Å². The van der Waals surface area contributed by atoms with Gasteiger partial charge >= 0.3 is 0 Å². The van der Waals surface area contributed by atoms with Crippen molar-refractivity contribution in [3.05, 3.63) is 46.4 Å². The van der Waals surface area contributed by atoms with Crippen molar-refractivity contribution in [3.8, 4) is 0 Å². The summed E-state index contributed by atoms with van der Waals surface area (Å²) in [6.07, 6.45) is 0. The lowest BCUT2D eigenvalue weighted by atomic mass is 10.3. The van der Waals surface area contributed by atoms with Crippen molar-refractivity contribution < 1.29 is 0 Å². The van der Waals surface area contributed by atoms with Crippen molar-refractivity contribution in [2.75, 3.05) is 39.1 Å². The van der Waals surface area contributed by atoms with Gasteiger partial charge in [-0.25, -0.2) is 4.98 Å². The molecule has 0 unspecified atom stereocenters. The smallest absolute Gasteiger partial charge is 0.193 e. The van der Waals surface area contributed by atoms with Crippen molar-refractivity contribution in [2.45, 2.75) is 13.5 Å². The fourth-order valence-corrected chi connectivity index (χ4v) is 2.93. The van der Waals surface area contributed by atoms with Crippen molar-refractivity contribution >= 4 is 47.0 Å². The lowest BCUT2D eigenvalue weighted by Gasteiger charge is -2.24. The van der Waals surface area contributed by atoms with Crippen LogP contribution in [0, 0.1) is 6.92 Å². The van der Waals surface area contributed by atoms with Gasteiger partial charge in [-0.1, -0.05) is 18.2 Å². The van der Waals surface area contributed by atoms with E-state index in [1.54, 1.807) is 11.3 Å². The second-order valence-corrected chi connectivity index (χ2v) is 6.51. The Morgan fingerprint density at radius 1 is 1.25 bits per heavy atom. The Morgan fingerprint density at radius 3 is 2.54 bits per heavy atom. The zero-order valence-corrected chi connectivity index (χ0v) is 17.8. The number of aliphatic imine (C=N–C) groups is 1. The highest BCUT2D eigenvalue weighted by Gasteiger charge is 2.08. The Morgan fingerprint density at radius 2 is 1.96 bits per heavy atom. The number of aryl methyl sites for hydroxylation is 1. The summed E-state index contributed by atoms with van der Waals surface area (Å²) in [4.78, 5) is 13.2. The van der Waals surface area contributed by atoms with E-state index in [1.165, 1.54) is 5.69 Å². The highest BCUT2D eigenvalue weighted by atomic mass is 127. The Balaban J connectivity index is 0.00000288. The molecule has 2 aromatic rings. The number of halogens is 1. The van der Waals surface area contributed by atoms with Gasteiger partial charge in [0.1, 0.15) is 0 Å². The van der Waals surface area contributed by atoms with Gasteiger partial charge in [0.2, 0.25) is 0 Å². The van der Waals surface area contributed by atoms with Crippen LogP contribution in [0.5, 0.6) is 0 Å². The lowest BCUT2D eigenvalue weighted by Crippen LogP contribution is -2.41. The molecule has 5 nitrogen and oxygen atoms in total. The number of hydrogen-bond acceptors (Lipinski definition) is 4. The zero-order valence-electron chi connectivity index (χ0n) is 14.7. The normalized spacial score (nSPS) is 10.9. The van der Waals surface area contributed by atoms with Crippen molar-refractivity contribution in [3.63, 3.8) is 0 Å². The Kier molecular flexibility index (Phi) is 9.05. The van der Waals surface area contributed by atoms with Crippen LogP contribution in [0.2, 0.25) is 0 Å². The minimum Gasteiger partial charge on any atom is -0.373 e. The standard InChI is InChI=1S/C17H25N5S.HI/c1-14-20-15(13-23-14)12-22(4)17(18-2)19-10-11-21(3)16-8-6-5-7-9-16;/h5-9,13H,10-12H2,1-4H3,(H,18,19);1H. The Labute approximate surface area is 165 Å². The minimum absolute atomic E-state index is 0. The molecule has 0 bridgehead atoms. The predicted molar refractivity (Wildman–Crippen MR) is 115 cm³/mol. The third-order valence-electron chi connectivity index (χ3n) is 3.57. The second kappa shape index (κ2) is 10.5. The summed E-state index contributed by atoms with van der Waals surface area (Å²) in [7, 11) is 5.94. The Hall–Kier alpha value is -1.35. The van der Waals surface area contributed by atoms with Crippen LogP contribution in [0.1, 0.15) is 10.7 Å². The summed E-state index contributed by atoms with van der Waals surface area (Å²) < 4.78 is 0. The number of likely N-dealkylation sites (N-methyl/N-ethyl adjacent to an activating group) is 1. The molecule has 132 valence electrons. The SMILES string of the molecule is CN=C(NCCN(C)c1ccccc1)N(C)Cc1csc(C)n1.I. The molecule has 7 heteroatoms. The number of guanidine groups is 1. The van der Waals surface area contributed by atoms with Crippen LogP contribution in [0.4, 0.5) is 5.69 Å². The summed E-state index contributed by atoms with van der Waals surface area (Å²) in [5, 5.41) is 6.60. The zero-order chi connectivity index (χ0) is 16.7. The summed E-state index contributed by atoms with van der Waals surface area (Å²) in [6.45, 7) is 4.53. The average molecular weight is 459 g/mol. The molecule has 0 amide bonds. The molecule has 2 rings (SSSR count). The van der Waals surface area contributed by atoms with Gasteiger partial charge in [-0.3, -0.25) is 4.99 Å². The Bertz CT molecular complexity index is 629. The van der Waals surface area contributed by atoms with Gasteiger partial charge in [0.05, 0.1) is 17.2 Å². The van der Waals surface area contributed by atoms with Gasteiger partial charge in [-0.05, 0) is 19.1 Å². The van der Waals surface area contributed by atoms with E-state index in [0.29, 0.717) is 0 Å². The van der Waals surface area contributed by atoms with Crippen molar-refractivity contribution in [2.24, 2.45) is 4.99 Å². The van der Waals surface area contributed by atoms with Crippen LogP contribution < -0.4 is 10.2 Å². The average Bonchev–Trinajstić information content (AvgIpc) is 2.97. The monoisotopic (exact) mass is 459 g/mol. The first-order valence-corrected chi connectivity index (χ1v) is 8.57. The molecule has 0 saturated heterocycles. The van der Waals surface area contributed by atoms with Crippen molar-refractivity contribution in [1.82, 2.24) is 15.2 Å². The molecule has 0 aliphatic rings. The van der Waals surface area contributed by atoms with Gasteiger partial charge in [0.15, 0.2) is 5.96 Å². The number of hydrogen-bond donors (Lipinski definition) is 1. The molecule has 0 atom stereocenters. The van der Waals surface area contributed by atoms with Crippen LogP contribution in [0.15, 0.2) is 40.7 Å². The van der Waals surface area contributed by atoms with Crippen LogP contribution in [-0.2, 0) is 6.54 Å². The highest BCUT2D eigenvalue weighted by Crippen LogP contribution is 2.11. The third kappa shape index (κ3) is 6.27. The van der Waals surface area contributed by atoms with Gasteiger partial charge in [0, 0.05) is 45.3 Å². The number of benzene rings is 1. The first-order valence-electron chi connectivity index (χ1n) is 7.69. The number of nitrogens with zero attached hydrogens (tertiary/aromatic N) is 4. The molecule has 0 saturated carbocycles. The summed E-state index contributed by atoms with van der Waals surface area (Å²) in [5.74, 6) is 0.886. The van der Waals surface area contributed by atoms with E-state index in [2.05, 4.69) is 61.8 Å². The first-order chi connectivity index (χ1) is 11.1. The maximum absolute atomic E-state index is 4.50. The van der Waals surface area contributed by atoms with E-state index in [4.69, 9.17) is 0 Å². The van der Waals surface area contributed by atoms with Crippen LogP contribution >= 0.6 is 35.3 Å². The molecule has 0 aliphatic heterocycles. The van der Waals surface area contributed by atoms with E-state index in [9.17, 15) is 0 Å². The molecular formula is C17H26IN5S. The second-order valence-electron chi connectivity index (χ2n) is 5.45. The van der Waals surface area contributed by atoms with Crippen LogP contribution in [0.25, 0.3) is 0 Å². The molecule has 1 heterocycles. The predicted octanol–water partition coefficient (Wildman–Crippen LogP) is 3.21. The number of anilines is 1. The molecule has 0 fully saturated rings. The molecule has 0 aliphatic carbocycles. The van der Waals surface area contributed by atoms with Crippen molar-refractivity contribution in [1.29, 1.82) is 0 Å². The topological polar surface area (TPSA) is 43.8 Å². The van der Waals surface area contributed by atoms with Gasteiger partial charge < -0.3 is 15.1 Å². The summed E-state index contributed by atoms with van der Waals surface area (Å²) >= 11 is 1.68. The minimum atomic E-state index is 0. The van der Waals surface area contributed by atoms with Gasteiger partial charge in [-0.2, -0.15) is 0 Å². The molecule has 1 aromatic heterocycles. The van der Waals surface area contributed by atoms with Crippen LogP contribution in [0.3, 0.4) is 0 Å². The van der Waals surface area contributed by atoms with E-state index in [1.807, 2.05) is 27.1 Å². The quantitative estimate of drug-likeness (QED) is 0.410. The van der Waals surface area contributed by atoms with Gasteiger partial charge in [0.25, 0.3) is 0 Å². The molecular weight excluding hydrogens is 433 g/mol. The first kappa shape index (κ1) is 20.7. The van der Waals surface area contributed by atoms with Crippen LogP contribution in [-0.4, -0.2) is 50.1 Å². The summed E-state index contributed by atoms with van der Waals surface area (Å²) in [5.41, 5.74) is 2.30. The van der Waals surface area contributed by atoms with E-state index in [-0.39, 0.29) is 24.0 Å². The van der Waals surface area contributed by atoms with E-state index >= 15 is 0 Å². The largest absolute Gasteiger partial charge is 0.373 e. The molecule has 1 N–H and O–H groups in total. The lowest BCUT2D eigenvalue weighted by molar-refractivity contribution is 0.471. The fraction of sp³-hybridized carbons (Fsp3) is 0.412. The van der Waals surface area contributed by atoms with Gasteiger partial charge in [-0.15, -0.1) is 35.3 Å². The number of aromatic nitrogens is 1. The number of rotatable bonds is 6. The van der Waals surface area contributed by atoms with E-state index in [0.717, 1.165) is 36.3 Å². The highest BCUT2D eigenvalue weighted by molar-refractivity contribution is 14.0. The molecule has 1 aromatic carbocycles. The number of thiazole rings is 1. The summed E-state index contributed by atoms with van der Waals surface area (Å²) in [6, 6.07) is 10.4. The number of nitrogens with one attached hydrogen (secondary N) is 1.